The fraction of sp³-hybridized carbons (Fsp3) is 0.148. The quantitative estimate of drug-likeness (QED) is 0.395. The zero-order valence-corrected chi connectivity index (χ0v) is 18.0. The van der Waals surface area contributed by atoms with Crippen LogP contribution >= 0.6 is 0 Å². The van der Waals surface area contributed by atoms with Gasteiger partial charge in [-0.2, -0.15) is 0 Å². The van der Waals surface area contributed by atoms with Crippen LogP contribution in [0.5, 0.6) is 5.75 Å². The second-order valence-corrected chi connectivity index (χ2v) is 8.08. The maximum absolute atomic E-state index is 13.0. The molecule has 4 aromatic rings. The van der Waals surface area contributed by atoms with Crippen molar-refractivity contribution in [3.63, 3.8) is 0 Å². The summed E-state index contributed by atoms with van der Waals surface area (Å²) < 4.78 is 24.2. The average molecular weight is 442 g/mol. The van der Waals surface area contributed by atoms with Gasteiger partial charge in [-0.15, -0.1) is 0 Å². The molecular formula is C27H23FN2O3. The smallest absolute Gasteiger partial charge is 0.291 e. The molecule has 5 rings (SSSR count). The van der Waals surface area contributed by atoms with Gasteiger partial charge in [0.25, 0.3) is 5.91 Å². The first-order chi connectivity index (χ1) is 16.1. The van der Waals surface area contributed by atoms with E-state index in [0.29, 0.717) is 11.5 Å². The van der Waals surface area contributed by atoms with Crippen LogP contribution in [0.25, 0.3) is 0 Å². The van der Waals surface area contributed by atoms with Gasteiger partial charge in [-0.25, -0.2) is 4.39 Å². The molecule has 0 aliphatic carbocycles. The normalized spacial score (nSPS) is 13.0. The molecule has 3 aromatic carbocycles. The molecule has 5 nitrogen and oxygen atoms in total. The van der Waals surface area contributed by atoms with Gasteiger partial charge in [0.05, 0.1) is 0 Å². The molecule has 1 amide bonds. The number of benzene rings is 3. The molecule has 0 bridgehead atoms. The zero-order valence-electron chi connectivity index (χ0n) is 18.0. The third-order valence-electron chi connectivity index (χ3n) is 5.58. The summed E-state index contributed by atoms with van der Waals surface area (Å²) in [5, 5.41) is 2.91. The number of carbonyl (C=O) groups is 1. The highest BCUT2D eigenvalue weighted by atomic mass is 19.1. The number of ether oxygens (including phenoxy) is 1. The van der Waals surface area contributed by atoms with Gasteiger partial charge in [-0.05, 0) is 65.2 Å². The lowest BCUT2D eigenvalue weighted by atomic mass is 10.1. The monoisotopic (exact) mass is 442 g/mol. The minimum Gasteiger partial charge on any atom is -0.486 e. The van der Waals surface area contributed by atoms with Gasteiger partial charge < -0.3 is 14.5 Å². The minimum absolute atomic E-state index is 0.148. The van der Waals surface area contributed by atoms with Crippen molar-refractivity contribution in [3.8, 4) is 5.75 Å². The molecule has 0 saturated carbocycles. The maximum Gasteiger partial charge on any atom is 0.291 e. The van der Waals surface area contributed by atoms with Crippen LogP contribution in [0, 0.1) is 5.82 Å². The second kappa shape index (κ2) is 9.30. The van der Waals surface area contributed by atoms with Crippen molar-refractivity contribution in [1.82, 2.24) is 4.90 Å². The van der Waals surface area contributed by atoms with Crippen LogP contribution in [0.1, 0.15) is 33.0 Å². The van der Waals surface area contributed by atoms with Crippen molar-refractivity contribution in [3.05, 3.63) is 119 Å². The standard InChI is InChI=1S/C27H23FN2O3/c28-22-7-10-24(11-8-22)32-18-25-12-13-26(33-25)27(31)29-23-9-6-20-16-30(17-21(20)14-23)15-19-4-2-1-3-5-19/h1-14H,15-18H2,(H,29,31). The van der Waals surface area contributed by atoms with Crippen molar-refractivity contribution in [2.75, 3.05) is 5.32 Å². The van der Waals surface area contributed by atoms with E-state index in [2.05, 4.69) is 40.5 Å². The number of anilines is 1. The summed E-state index contributed by atoms with van der Waals surface area (Å²) in [5.74, 6) is 0.601. The first kappa shape index (κ1) is 21.0. The lowest BCUT2D eigenvalue weighted by Crippen LogP contribution is -2.15. The van der Waals surface area contributed by atoms with E-state index in [1.54, 1.807) is 24.3 Å². The van der Waals surface area contributed by atoms with E-state index < -0.39 is 0 Å². The molecular weight excluding hydrogens is 419 g/mol. The van der Waals surface area contributed by atoms with Crippen molar-refractivity contribution in [2.24, 2.45) is 0 Å². The maximum atomic E-state index is 13.0. The van der Waals surface area contributed by atoms with Crippen molar-refractivity contribution < 1.29 is 18.3 Å². The third kappa shape index (κ3) is 5.13. The van der Waals surface area contributed by atoms with E-state index in [-0.39, 0.29) is 24.1 Å². The molecule has 33 heavy (non-hydrogen) atoms. The van der Waals surface area contributed by atoms with E-state index in [1.807, 2.05) is 18.2 Å². The van der Waals surface area contributed by atoms with E-state index in [4.69, 9.17) is 9.15 Å². The molecule has 0 saturated heterocycles. The molecule has 0 fully saturated rings. The molecule has 6 heteroatoms. The summed E-state index contributed by atoms with van der Waals surface area (Å²) in [6.45, 7) is 2.79. The zero-order chi connectivity index (χ0) is 22.6. The van der Waals surface area contributed by atoms with E-state index in [1.165, 1.54) is 28.8 Å². The number of halogens is 1. The van der Waals surface area contributed by atoms with E-state index in [9.17, 15) is 9.18 Å². The first-order valence-corrected chi connectivity index (χ1v) is 10.8. The molecule has 0 spiro atoms. The first-order valence-electron chi connectivity index (χ1n) is 10.8. The summed E-state index contributed by atoms with van der Waals surface area (Å²) in [5.41, 5.74) is 4.52. The van der Waals surface area contributed by atoms with Crippen molar-refractivity contribution in [2.45, 2.75) is 26.2 Å². The van der Waals surface area contributed by atoms with Gasteiger partial charge in [0.1, 0.15) is 23.9 Å². The Kier molecular flexibility index (Phi) is 5.91. The van der Waals surface area contributed by atoms with Gasteiger partial charge in [0, 0.05) is 25.3 Å². The third-order valence-corrected chi connectivity index (χ3v) is 5.58. The SMILES string of the molecule is O=C(Nc1ccc2c(c1)CN(Cc1ccccc1)C2)c1ccc(COc2ccc(F)cc2)o1. The van der Waals surface area contributed by atoms with Gasteiger partial charge >= 0.3 is 0 Å². The van der Waals surface area contributed by atoms with Crippen LogP contribution in [-0.4, -0.2) is 10.8 Å². The Morgan fingerprint density at radius 2 is 1.73 bits per heavy atom. The number of hydrogen-bond acceptors (Lipinski definition) is 4. The summed E-state index contributed by atoms with van der Waals surface area (Å²) in [6.07, 6.45) is 0. The Morgan fingerprint density at radius 1 is 0.939 bits per heavy atom. The summed E-state index contributed by atoms with van der Waals surface area (Å²) >= 11 is 0. The average Bonchev–Trinajstić information content (AvgIpc) is 3.46. The highest BCUT2D eigenvalue weighted by molar-refractivity contribution is 6.02. The highest BCUT2D eigenvalue weighted by Crippen LogP contribution is 2.27. The number of hydrogen-bond donors (Lipinski definition) is 1. The molecule has 1 N–H and O–H groups in total. The number of fused-ring (bicyclic) bond motifs is 1. The fourth-order valence-electron chi connectivity index (χ4n) is 3.95. The topological polar surface area (TPSA) is 54.7 Å². The molecule has 1 aromatic heterocycles. The Balaban J connectivity index is 1.17. The van der Waals surface area contributed by atoms with E-state index >= 15 is 0 Å². The number of amides is 1. The van der Waals surface area contributed by atoms with Gasteiger partial charge in [-0.3, -0.25) is 9.69 Å². The Morgan fingerprint density at radius 3 is 2.55 bits per heavy atom. The second-order valence-electron chi connectivity index (χ2n) is 8.08. The lowest BCUT2D eigenvalue weighted by molar-refractivity contribution is 0.0992. The van der Waals surface area contributed by atoms with Gasteiger partial charge in [0.2, 0.25) is 0 Å². The Bertz CT molecular complexity index is 1250. The molecule has 166 valence electrons. The molecule has 0 radical (unpaired) electrons. The molecule has 0 unspecified atom stereocenters. The van der Waals surface area contributed by atoms with Crippen LogP contribution in [-0.2, 0) is 26.2 Å². The number of carbonyl (C=O) groups excluding carboxylic acids is 1. The number of nitrogens with zero attached hydrogens (tertiary/aromatic N) is 1. The molecule has 1 aliphatic rings. The van der Waals surface area contributed by atoms with Crippen LogP contribution in [0.15, 0.2) is 89.3 Å². The molecule has 1 aliphatic heterocycles. The number of rotatable bonds is 7. The summed E-state index contributed by atoms with van der Waals surface area (Å²) in [4.78, 5) is 15.0. The van der Waals surface area contributed by atoms with Crippen LogP contribution in [0.2, 0.25) is 0 Å². The van der Waals surface area contributed by atoms with E-state index in [0.717, 1.165) is 25.3 Å². The highest BCUT2D eigenvalue weighted by Gasteiger charge is 2.20. The van der Waals surface area contributed by atoms with Crippen molar-refractivity contribution in [1.29, 1.82) is 0 Å². The number of nitrogens with one attached hydrogen (secondary N) is 1. The lowest BCUT2D eigenvalue weighted by Gasteiger charge is -2.14. The molecule has 2 heterocycles. The van der Waals surface area contributed by atoms with Crippen molar-refractivity contribution >= 4 is 11.6 Å². The summed E-state index contributed by atoms with van der Waals surface area (Å²) in [7, 11) is 0. The minimum atomic E-state index is -0.324. The van der Waals surface area contributed by atoms with Crippen LogP contribution in [0.4, 0.5) is 10.1 Å². The van der Waals surface area contributed by atoms with Crippen LogP contribution < -0.4 is 10.1 Å². The largest absolute Gasteiger partial charge is 0.486 e. The van der Waals surface area contributed by atoms with Gasteiger partial charge in [-0.1, -0.05) is 36.4 Å². The Labute approximate surface area is 191 Å². The predicted octanol–water partition coefficient (Wildman–Crippen LogP) is 5.77. The predicted molar refractivity (Wildman–Crippen MR) is 123 cm³/mol. The Hall–Kier alpha value is -3.90. The fourth-order valence-corrected chi connectivity index (χ4v) is 3.95. The van der Waals surface area contributed by atoms with Crippen LogP contribution in [0.3, 0.4) is 0 Å². The summed E-state index contributed by atoms with van der Waals surface area (Å²) in [6, 6.07) is 25.5. The number of furan rings is 1. The van der Waals surface area contributed by atoms with Gasteiger partial charge in [0.15, 0.2) is 5.76 Å². The molecule has 0 atom stereocenters.